The molecule has 1 fully saturated rings. The van der Waals surface area contributed by atoms with Crippen LogP contribution < -0.4 is 14.8 Å². The number of carbonyl (C=O) groups is 2. The van der Waals surface area contributed by atoms with Gasteiger partial charge in [0.05, 0.1) is 39.3 Å². The highest BCUT2D eigenvalue weighted by Crippen LogP contribution is 2.27. The van der Waals surface area contributed by atoms with E-state index in [9.17, 15) is 9.59 Å². The van der Waals surface area contributed by atoms with Crippen molar-refractivity contribution < 1.29 is 33.3 Å². The Balaban J connectivity index is 1.29. The largest absolute Gasteiger partial charge is 0.484 e. The Morgan fingerprint density at radius 3 is 1.94 bits per heavy atom. The Bertz CT molecular complexity index is 983. The van der Waals surface area contributed by atoms with Gasteiger partial charge in [0.1, 0.15) is 18.1 Å². The topological polar surface area (TPSA) is 92.3 Å². The highest BCUT2D eigenvalue weighted by atomic mass is 35.5. The lowest BCUT2D eigenvalue weighted by Crippen LogP contribution is -2.49. The molecule has 3 rings (SSSR count). The van der Waals surface area contributed by atoms with Gasteiger partial charge >= 0.3 is 5.97 Å². The lowest BCUT2D eigenvalue weighted by atomic mass is 10.3. The average Bonchev–Trinajstić information content (AvgIpc) is 2.80. The molecule has 1 heterocycles. The molecule has 1 N–H and O–H groups in total. The first-order valence-corrected chi connectivity index (χ1v) is 11.1. The van der Waals surface area contributed by atoms with Gasteiger partial charge in [-0.1, -0.05) is 46.4 Å². The standard InChI is InChI=1S/C21H19Cl4NO7/c22-15-3-1-13(5-17(15)24)29-9-19(27)26-12-7-32-21(33-8-12)11-31-20(28)10-30-14-2-4-16(23)18(25)6-14/h1-6,12,21H,7-11H2,(H,26,27). The molecule has 1 saturated heterocycles. The Morgan fingerprint density at radius 2 is 1.39 bits per heavy atom. The fourth-order valence-corrected chi connectivity index (χ4v) is 3.20. The van der Waals surface area contributed by atoms with Crippen LogP contribution in [0, 0.1) is 0 Å². The summed E-state index contributed by atoms with van der Waals surface area (Å²) < 4.78 is 26.7. The molecule has 1 amide bonds. The van der Waals surface area contributed by atoms with Crippen molar-refractivity contribution in [1.82, 2.24) is 5.32 Å². The van der Waals surface area contributed by atoms with Crippen LogP contribution in [-0.4, -0.2) is 57.2 Å². The molecule has 1 aliphatic heterocycles. The Kier molecular flexibility index (Phi) is 9.73. The summed E-state index contributed by atoms with van der Waals surface area (Å²) in [6, 6.07) is 8.96. The third-order valence-electron chi connectivity index (χ3n) is 4.22. The molecule has 1 aliphatic rings. The fourth-order valence-electron chi connectivity index (χ4n) is 2.62. The zero-order valence-corrected chi connectivity index (χ0v) is 20.0. The maximum Gasteiger partial charge on any atom is 0.344 e. The van der Waals surface area contributed by atoms with E-state index < -0.39 is 12.3 Å². The number of amides is 1. The highest BCUT2D eigenvalue weighted by Gasteiger charge is 2.25. The molecule has 0 aliphatic carbocycles. The van der Waals surface area contributed by atoms with Gasteiger partial charge in [-0.3, -0.25) is 4.79 Å². The zero-order valence-electron chi connectivity index (χ0n) is 17.0. The van der Waals surface area contributed by atoms with Gasteiger partial charge in [0, 0.05) is 12.1 Å². The summed E-state index contributed by atoms with van der Waals surface area (Å²) in [5.41, 5.74) is 0. The SMILES string of the molecule is O=C(COc1ccc(Cl)c(Cl)c1)NC1COC(COC(=O)COc2ccc(Cl)c(Cl)c2)OC1. The third-order valence-corrected chi connectivity index (χ3v) is 5.70. The van der Waals surface area contributed by atoms with Crippen LogP contribution >= 0.6 is 46.4 Å². The van der Waals surface area contributed by atoms with E-state index in [1.54, 1.807) is 24.3 Å². The summed E-state index contributed by atoms with van der Waals surface area (Å²) in [5, 5.41) is 4.14. The van der Waals surface area contributed by atoms with Gasteiger partial charge in [-0.2, -0.15) is 0 Å². The van der Waals surface area contributed by atoms with Crippen molar-refractivity contribution in [3.05, 3.63) is 56.5 Å². The van der Waals surface area contributed by atoms with E-state index in [2.05, 4.69) is 5.32 Å². The van der Waals surface area contributed by atoms with Crippen molar-refractivity contribution in [2.24, 2.45) is 0 Å². The van der Waals surface area contributed by atoms with Crippen LogP contribution in [0.2, 0.25) is 20.1 Å². The third kappa shape index (κ3) is 8.41. The van der Waals surface area contributed by atoms with E-state index in [4.69, 9.17) is 70.1 Å². The highest BCUT2D eigenvalue weighted by molar-refractivity contribution is 6.42. The molecular formula is C21H19Cl4NO7. The molecule has 8 nitrogen and oxygen atoms in total. The van der Waals surface area contributed by atoms with E-state index in [1.807, 2.05) is 0 Å². The van der Waals surface area contributed by atoms with Crippen LogP contribution in [0.4, 0.5) is 0 Å². The van der Waals surface area contributed by atoms with Crippen LogP contribution in [0.25, 0.3) is 0 Å². The maximum absolute atomic E-state index is 12.1. The van der Waals surface area contributed by atoms with Crippen molar-refractivity contribution in [3.8, 4) is 11.5 Å². The lowest BCUT2D eigenvalue weighted by Gasteiger charge is -2.29. The molecule has 2 aromatic carbocycles. The van der Waals surface area contributed by atoms with Gasteiger partial charge in [0.25, 0.3) is 5.91 Å². The molecule has 0 bridgehead atoms. The Labute approximate surface area is 209 Å². The first kappa shape index (κ1) is 25.7. The second-order valence-electron chi connectivity index (χ2n) is 6.77. The number of rotatable bonds is 9. The van der Waals surface area contributed by atoms with E-state index >= 15 is 0 Å². The number of nitrogens with one attached hydrogen (secondary N) is 1. The van der Waals surface area contributed by atoms with Crippen LogP contribution in [0.1, 0.15) is 0 Å². The van der Waals surface area contributed by atoms with Gasteiger partial charge in [-0.15, -0.1) is 0 Å². The minimum absolute atomic E-state index is 0.120. The van der Waals surface area contributed by atoms with Crippen molar-refractivity contribution in [2.75, 3.05) is 33.0 Å². The molecule has 2 aromatic rings. The monoisotopic (exact) mass is 537 g/mol. The van der Waals surface area contributed by atoms with Crippen molar-refractivity contribution in [2.45, 2.75) is 12.3 Å². The smallest absolute Gasteiger partial charge is 0.344 e. The first-order valence-electron chi connectivity index (χ1n) is 9.64. The van der Waals surface area contributed by atoms with E-state index in [-0.39, 0.29) is 45.0 Å². The van der Waals surface area contributed by atoms with E-state index in [0.29, 0.717) is 31.6 Å². The summed E-state index contributed by atoms with van der Waals surface area (Å²) in [5.74, 6) is -0.167. The Hall–Kier alpha value is -1.94. The Morgan fingerprint density at radius 1 is 0.848 bits per heavy atom. The van der Waals surface area contributed by atoms with Gasteiger partial charge in [-0.25, -0.2) is 4.79 Å². The predicted octanol–water partition coefficient (Wildman–Crippen LogP) is 4.16. The molecule has 33 heavy (non-hydrogen) atoms. The first-order chi connectivity index (χ1) is 15.8. The van der Waals surface area contributed by atoms with Crippen molar-refractivity contribution in [1.29, 1.82) is 0 Å². The number of esters is 1. The molecule has 0 unspecified atom stereocenters. The summed E-state index contributed by atoms with van der Waals surface area (Å²) in [7, 11) is 0. The molecule has 0 spiro atoms. The van der Waals surface area contributed by atoms with Crippen LogP contribution in [-0.2, 0) is 23.8 Å². The van der Waals surface area contributed by atoms with Crippen LogP contribution in [0.3, 0.4) is 0 Å². The van der Waals surface area contributed by atoms with Gasteiger partial charge < -0.3 is 29.0 Å². The predicted molar refractivity (Wildman–Crippen MR) is 122 cm³/mol. The molecule has 178 valence electrons. The summed E-state index contributed by atoms with van der Waals surface area (Å²) in [4.78, 5) is 23.9. The number of benzene rings is 2. The van der Waals surface area contributed by atoms with Gasteiger partial charge in [0.2, 0.25) is 0 Å². The molecular weight excluding hydrogens is 520 g/mol. The normalized spacial score (nSPS) is 17.8. The average molecular weight is 539 g/mol. The minimum Gasteiger partial charge on any atom is -0.484 e. The maximum atomic E-state index is 12.1. The zero-order chi connectivity index (χ0) is 23.8. The molecule has 0 saturated carbocycles. The molecule has 0 aromatic heterocycles. The molecule has 0 atom stereocenters. The summed E-state index contributed by atoms with van der Waals surface area (Å²) in [6.07, 6.45) is -0.750. The molecule has 12 heteroatoms. The number of hydrogen-bond donors (Lipinski definition) is 1. The number of ether oxygens (including phenoxy) is 5. The lowest BCUT2D eigenvalue weighted by molar-refractivity contribution is -0.213. The second-order valence-corrected chi connectivity index (χ2v) is 8.40. The van der Waals surface area contributed by atoms with Crippen LogP contribution in [0.15, 0.2) is 36.4 Å². The quantitative estimate of drug-likeness (QED) is 0.479. The van der Waals surface area contributed by atoms with Crippen LogP contribution in [0.5, 0.6) is 11.5 Å². The van der Waals surface area contributed by atoms with Crippen molar-refractivity contribution in [3.63, 3.8) is 0 Å². The fraction of sp³-hybridized carbons (Fsp3) is 0.333. The summed E-state index contributed by atoms with van der Waals surface area (Å²) in [6.45, 7) is -0.289. The van der Waals surface area contributed by atoms with Gasteiger partial charge in [-0.05, 0) is 24.3 Å². The number of hydrogen-bond acceptors (Lipinski definition) is 7. The van der Waals surface area contributed by atoms with E-state index in [1.165, 1.54) is 12.1 Å². The second kappa shape index (κ2) is 12.5. The van der Waals surface area contributed by atoms with E-state index in [0.717, 1.165) is 0 Å². The number of carbonyl (C=O) groups excluding carboxylic acids is 2. The molecule has 0 radical (unpaired) electrons. The van der Waals surface area contributed by atoms with Gasteiger partial charge in [0.15, 0.2) is 19.5 Å². The number of halogens is 4. The minimum atomic E-state index is -0.750. The summed E-state index contributed by atoms with van der Waals surface area (Å²) >= 11 is 23.5. The van der Waals surface area contributed by atoms with Crippen molar-refractivity contribution >= 4 is 58.3 Å².